The van der Waals surface area contributed by atoms with Crippen molar-refractivity contribution in [3.63, 3.8) is 0 Å². The molecule has 0 aliphatic carbocycles. The fourth-order valence-corrected chi connectivity index (χ4v) is 1.48. The molecule has 2 aromatic rings. The zero-order valence-electron chi connectivity index (χ0n) is 8.32. The molecule has 4 nitrogen and oxygen atoms in total. The van der Waals surface area contributed by atoms with Crippen LogP contribution in [-0.2, 0) is 0 Å². The molecule has 0 fully saturated rings. The van der Waals surface area contributed by atoms with Crippen LogP contribution >= 0.6 is 0 Å². The summed E-state index contributed by atoms with van der Waals surface area (Å²) in [4.78, 5) is 18.0. The van der Waals surface area contributed by atoms with E-state index in [0.717, 1.165) is 11.1 Å². The van der Waals surface area contributed by atoms with Crippen LogP contribution in [0.2, 0.25) is 0 Å². The van der Waals surface area contributed by atoms with Crippen molar-refractivity contribution in [2.75, 3.05) is 5.73 Å². The summed E-state index contributed by atoms with van der Waals surface area (Å²) in [6.45, 7) is 1.95. The summed E-state index contributed by atoms with van der Waals surface area (Å²) in [5.74, 6) is 0.136. The SMILES string of the molecule is Cc1ccccc1-c1cnc(N)[nH]c1=O. The Bertz CT molecular complexity index is 546. The number of rotatable bonds is 1. The van der Waals surface area contributed by atoms with Crippen LogP contribution in [0.25, 0.3) is 11.1 Å². The molecule has 0 aliphatic rings. The van der Waals surface area contributed by atoms with Crippen molar-refractivity contribution in [2.24, 2.45) is 0 Å². The third-order valence-corrected chi connectivity index (χ3v) is 2.25. The fourth-order valence-electron chi connectivity index (χ4n) is 1.48. The molecule has 0 unspecified atom stereocenters. The van der Waals surface area contributed by atoms with Gasteiger partial charge in [-0.2, -0.15) is 0 Å². The van der Waals surface area contributed by atoms with Crippen LogP contribution in [0.5, 0.6) is 0 Å². The van der Waals surface area contributed by atoms with Gasteiger partial charge in [0.25, 0.3) is 5.56 Å². The second-order valence-corrected chi connectivity index (χ2v) is 3.33. The molecule has 0 atom stereocenters. The van der Waals surface area contributed by atoms with Crippen molar-refractivity contribution in [1.82, 2.24) is 9.97 Å². The lowest BCUT2D eigenvalue weighted by Gasteiger charge is -2.03. The summed E-state index contributed by atoms with van der Waals surface area (Å²) in [6.07, 6.45) is 1.50. The molecule has 3 N–H and O–H groups in total. The molecular formula is C11H11N3O. The van der Waals surface area contributed by atoms with Crippen LogP contribution in [0.4, 0.5) is 5.95 Å². The van der Waals surface area contributed by atoms with E-state index in [1.165, 1.54) is 6.20 Å². The first-order valence-electron chi connectivity index (χ1n) is 4.59. The second-order valence-electron chi connectivity index (χ2n) is 3.33. The quantitative estimate of drug-likeness (QED) is 0.731. The van der Waals surface area contributed by atoms with Crippen molar-refractivity contribution in [1.29, 1.82) is 0 Å². The number of hydrogen-bond acceptors (Lipinski definition) is 3. The van der Waals surface area contributed by atoms with Gasteiger partial charge in [0.1, 0.15) is 0 Å². The molecule has 0 saturated heterocycles. The predicted octanol–water partition coefficient (Wildman–Crippen LogP) is 1.33. The molecule has 4 heteroatoms. The molecule has 0 spiro atoms. The Balaban J connectivity index is 2.65. The van der Waals surface area contributed by atoms with Crippen LogP contribution < -0.4 is 11.3 Å². The summed E-state index contributed by atoms with van der Waals surface area (Å²) in [5, 5.41) is 0. The number of nitrogens with one attached hydrogen (secondary N) is 1. The third-order valence-electron chi connectivity index (χ3n) is 2.25. The highest BCUT2D eigenvalue weighted by Gasteiger charge is 2.05. The maximum absolute atomic E-state index is 11.6. The van der Waals surface area contributed by atoms with Crippen molar-refractivity contribution in [3.8, 4) is 11.1 Å². The van der Waals surface area contributed by atoms with E-state index in [4.69, 9.17) is 5.73 Å². The zero-order valence-corrected chi connectivity index (χ0v) is 8.32. The van der Waals surface area contributed by atoms with Crippen molar-refractivity contribution < 1.29 is 0 Å². The number of nitrogens with zero attached hydrogens (tertiary/aromatic N) is 1. The van der Waals surface area contributed by atoms with E-state index in [2.05, 4.69) is 9.97 Å². The van der Waals surface area contributed by atoms with Gasteiger partial charge < -0.3 is 5.73 Å². The van der Waals surface area contributed by atoms with Gasteiger partial charge in [0.15, 0.2) is 5.95 Å². The maximum Gasteiger partial charge on any atom is 0.260 e. The van der Waals surface area contributed by atoms with Crippen LogP contribution in [-0.4, -0.2) is 9.97 Å². The van der Waals surface area contributed by atoms with E-state index in [1.807, 2.05) is 31.2 Å². The Morgan fingerprint density at radius 2 is 2.00 bits per heavy atom. The number of nitrogen functional groups attached to an aromatic ring is 1. The van der Waals surface area contributed by atoms with E-state index in [0.29, 0.717) is 5.56 Å². The zero-order chi connectivity index (χ0) is 10.8. The molecule has 15 heavy (non-hydrogen) atoms. The largest absolute Gasteiger partial charge is 0.369 e. The number of aryl methyl sites for hydroxylation is 1. The highest BCUT2D eigenvalue weighted by Crippen LogP contribution is 2.18. The minimum Gasteiger partial charge on any atom is -0.369 e. The van der Waals surface area contributed by atoms with Gasteiger partial charge in [0.2, 0.25) is 0 Å². The first-order chi connectivity index (χ1) is 7.18. The second kappa shape index (κ2) is 3.57. The van der Waals surface area contributed by atoms with Gasteiger partial charge in [-0.25, -0.2) is 4.98 Å². The molecule has 1 heterocycles. The Labute approximate surface area is 86.8 Å². The van der Waals surface area contributed by atoms with Crippen molar-refractivity contribution in [3.05, 3.63) is 46.4 Å². The van der Waals surface area contributed by atoms with Gasteiger partial charge in [-0.05, 0) is 18.1 Å². The molecular weight excluding hydrogens is 190 g/mol. The molecule has 76 valence electrons. The number of H-pyrrole nitrogens is 1. The van der Waals surface area contributed by atoms with Crippen LogP contribution in [0, 0.1) is 6.92 Å². The summed E-state index contributed by atoms with van der Waals surface area (Å²) in [6, 6.07) is 7.65. The van der Waals surface area contributed by atoms with Gasteiger partial charge in [0, 0.05) is 6.20 Å². The van der Waals surface area contributed by atoms with Gasteiger partial charge in [0.05, 0.1) is 5.56 Å². The molecule has 2 rings (SSSR count). The molecule has 0 aliphatic heterocycles. The van der Waals surface area contributed by atoms with E-state index in [-0.39, 0.29) is 11.5 Å². The van der Waals surface area contributed by atoms with Gasteiger partial charge in [-0.3, -0.25) is 9.78 Å². The van der Waals surface area contributed by atoms with Gasteiger partial charge >= 0.3 is 0 Å². The van der Waals surface area contributed by atoms with E-state index in [9.17, 15) is 4.79 Å². The normalized spacial score (nSPS) is 10.2. The number of nitrogens with two attached hydrogens (primary N) is 1. The predicted molar refractivity (Wildman–Crippen MR) is 59.4 cm³/mol. The van der Waals surface area contributed by atoms with Crippen molar-refractivity contribution in [2.45, 2.75) is 6.92 Å². The summed E-state index contributed by atoms with van der Waals surface area (Å²) < 4.78 is 0. The Morgan fingerprint density at radius 3 is 2.67 bits per heavy atom. The number of aromatic nitrogens is 2. The highest BCUT2D eigenvalue weighted by atomic mass is 16.1. The number of benzene rings is 1. The van der Waals surface area contributed by atoms with Crippen molar-refractivity contribution >= 4 is 5.95 Å². The average molecular weight is 201 g/mol. The number of anilines is 1. The maximum atomic E-state index is 11.6. The smallest absolute Gasteiger partial charge is 0.260 e. The molecule has 1 aromatic heterocycles. The van der Waals surface area contributed by atoms with Crippen LogP contribution in [0.3, 0.4) is 0 Å². The lowest BCUT2D eigenvalue weighted by molar-refractivity contribution is 1.14. The first-order valence-corrected chi connectivity index (χ1v) is 4.59. The molecule has 0 bridgehead atoms. The lowest BCUT2D eigenvalue weighted by atomic mass is 10.0. The first kappa shape index (κ1) is 9.45. The molecule has 0 saturated carbocycles. The minimum atomic E-state index is -0.211. The fraction of sp³-hybridized carbons (Fsp3) is 0.0909. The summed E-state index contributed by atoms with van der Waals surface area (Å²) >= 11 is 0. The van der Waals surface area contributed by atoms with Gasteiger partial charge in [-0.15, -0.1) is 0 Å². The van der Waals surface area contributed by atoms with E-state index >= 15 is 0 Å². The topological polar surface area (TPSA) is 71.8 Å². The van der Waals surface area contributed by atoms with Gasteiger partial charge in [-0.1, -0.05) is 24.3 Å². The minimum absolute atomic E-state index is 0.136. The van der Waals surface area contributed by atoms with Crippen LogP contribution in [0.1, 0.15) is 5.56 Å². The molecule has 1 aromatic carbocycles. The van der Waals surface area contributed by atoms with E-state index in [1.54, 1.807) is 0 Å². The average Bonchev–Trinajstić information content (AvgIpc) is 2.20. The highest BCUT2D eigenvalue weighted by molar-refractivity contribution is 5.65. The molecule has 0 amide bonds. The number of hydrogen-bond donors (Lipinski definition) is 2. The Hall–Kier alpha value is -2.10. The van der Waals surface area contributed by atoms with Crippen LogP contribution in [0.15, 0.2) is 35.3 Å². The third kappa shape index (κ3) is 1.74. The molecule has 0 radical (unpaired) electrons. The standard InChI is InChI=1S/C11H11N3O/c1-7-4-2-3-5-8(7)9-6-13-11(12)14-10(9)15/h2-6H,1H3,(H3,12,13,14,15). The monoisotopic (exact) mass is 201 g/mol. The lowest BCUT2D eigenvalue weighted by Crippen LogP contribution is -2.13. The van der Waals surface area contributed by atoms with E-state index < -0.39 is 0 Å². The summed E-state index contributed by atoms with van der Waals surface area (Å²) in [7, 11) is 0. The number of aromatic amines is 1. The Kier molecular flexibility index (Phi) is 2.25. The summed E-state index contributed by atoms with van der Waals surface area (Å²) in [5.41, 5.74) is 7.63. The Morgan fingerprint density at radius 1 is 1.27 bits per heavy atom.